The Bertz CT molecular complexity index is 591. The molecule has 4 heteroatoms. The molecule has 0 bridgehead atoms. The molecule has 1 heterocycles. The highest BCUT2D eigenvalue weighted by atomic mass is 32.1. The van der Waals surface area contributed by atoms with E-state index in [9.17, 15) is 4.79 Å². The average Bonchev–Trinajstić information content (AvgIpc) is 3.00. The van der Waals surface area contributed by atoms with Crippen LogP contribution in [0.5, 0.6) is 0 Å². The molecule has 0 aliphatic heterocycles. The lowest BCUT2D eigenvalue weighted by atomic mass is 9.90. The molecule has 1 aromatic carbocycles. The van der Waals surface area contributed by atoms with Crippen LogP contribution in [0, 0.1) is 0 Å². The molecule has 0 spiro atoms. The summed E-state index contributed by atoms with van der Waals surface area (Å²) < 4.78 is 0. The van der Waals surface area contributed by atoms with E-state index in [0.717, 1.165) is 23.7 Å². The molecule has 0 aliphatic carbocycles. The van der Waals surface area contributed by atoms with Crippen LogP contribution < -0.4 is 10.6 Å². The van der Waals surface area contributed by atoms with Gasteiger partial charge in [-0.2, -0.15) is 0 Å². The fourth-order valence-electron chi connectivity index (χ4n) is 2.06. The largest absolute Gasteiger partial charge is 0.325 e. The third kappa shape index (κ3) is 3.93. The first-order valence-corrected chi connectivity index (χ1v) is 8.07. The number of rotatable bonds is 6. The molecular weight excluding hydrogens is 280 g/mol. The summed E-state index contributed by atoms with van der Waals surface area (Å²) in [5.74, 6) is 0.0190. The number of carbonyl (C=O) groups excluding carboxylic acids is 1. The normalized spacial score (nSPS) is 11.4. The first-order valence-electron chi connectivity index (χ1n) is 7.19. The van der Waals surface area contributed by atoms with Gasteiger partial charge in [-0.1, -0.05) is 25.1 Å². The fraction of sp³-hybridized carbons (Fsp3) is 0.353. The Morgan fingerprint density at radius 3 is 2.71 bits per heavy atom. The lowest BCUT2D eigenvalue weighted by Crippen LogP contribution is -2.34. The lowest BCUT2D eigenvalue weighted by Gasteiger charge is -2.22. The van der Waals surface area contributed by atoms with Crippen molar-refractivity contribution in [2.24, 2.45) is 0 Å². The van der Waals surface area contributed by atoms with Crippen LogP contribution in [-0.2, 0) is 16.8 Å². The van der Waals surface area contributed by atoms with Crippen LogP contribution in [0.2, 0.25) is 0 Å². The number of hydrogen-bond acceptors (Lipinski definition) is 3. The Balaban J connectivity index is 2.09. The van der Waals surface area contributed by atoms with E-state index in [1.165, 1.54) is 5.56 Å². The highest BCUT2D eigenvalue weighted by Crippen LogP contribution is 2.29. The van der Waals surface area contributed by atoms with Gasteiger partial charge >= 0.3 is 0 Å². The summed E-state index contributed by atoms with van der Waals surface area (Å²) in [5.41, 5.74) is 1.50. The molecule has 0 fully saturated rings. The molecule has 2 rings (SSSR count). The van der Waals surface area contributed by atoms with Crippen molar-refractivity contribution in [2.45, 2.75) is 32.7 Å². The van der Waals surface area contributed by atoms with Crippen molar-refractivity contribution >= 4 is 22.9 Å². The first-order chi connectivity index (χ1) is 10.0. The highest BCUT2D eigenvalue weighted by Gasteiger charge is 2.30. The average molecular weight is 302 g/mol. The van der Waals surface area contributed by atoms with E-state index >= 15 is 0 Å². The number of anilines is 1. The molecule has 1 aromatic heterocycles. The van der Waals surface area contributed by atoms with Crippen LogP contribution in [0.1, 0.15) is 31.2 Å². The van der Waals surface area contributed by atoms with E-state index < -0.39 is 5.41 Å². The molecule has 2 aromatic rings. The van der Waals surface area contributed by atoms with Crippen LogP contribution >= 0.6 is 11.3 Å². The monoisotopic (exact) mass is 302 g/mol. The zero-order valence-corrected chi connectivity index (χ0v) is 13.6. The van der Waals surface area contributed by atoms with Crippen molar-refractivity contribution in [3.8, 4) is 0 Å². The summed E-state index contributed by atoms with van der Waals surface area (Å²) in [7, 11) is 0. The van der Waals surface area contributed by atoms with Crippen molar-refractivity contribution in [1.82, 2.24) is 5.32 Å². The summed E-state index contributed by atoms with van der Waals surface area (Å²) >= 11 is 1.61. The van der Waals surface area contributed by atoms with Gasteiger partial charge in [-0.3, -0.25) is 4.79 Å². The summed E-state index contributed by atoms with van der Waals surface area (Å²) in [5, 5.41) is 8.32. The number of nitrogens with one attached hydrogen (secondary N) is 2. The Morgan fingerprint density at radius 2 is 2.05 bits per heavy atom. The van der Waals surface area contributed by atoms with Gasteiger partial charge in [-0.05, 0) is 49.5 Å². The minimum atomic E-state index is -0.522. The molecule has 0 saturated carbocycles. The number of thiophene rings is 1. The van der Waals surface area contributed by atoms with Gasteiger partial charge in [0, 0.05) is 17.1 Å². The van der Waals surface area contributed by atoms with Gasteiger partial charge in [-0.15, -0.1) is 11.3 Å². The Hall–Kier alpha value is -1.65. The predicted molar refractivity (Wildman–Crippen MR) is 89.8 cm³/mol. The molecule has 0 atom stereocenters. The van der Waals surface area contributed by atoms with Gasteiger partial charge in [0.15, 0.2) is 0 Å². The summed E-state index contributed by atoms with van der Waals surface area (Å²) in [6.07, 6.45) is 0. The standard InChI is InChI=1S/C17H22N2OS/c1-4-18-12-13-7-5-8-14(11-13)19-16(20)17(2,3)15-9-6-10-21-15/h5-11,18H,4,12H2,1-3H3,(H,19,20). The van der Waals surface area contributed by atoms with E-state index in [4.69, 9.17) is 0 Å². The van der Waals surface area contributed by atoms with E-state index in [1.54, 1.807) is 11.3 Å². The Morgan fingerprint density at radius 1 is 1.24 bits per heavy atom. The van der Waals surface area contributed by atoms with Crippen LogP contribution in [0.3, 0.4) is 0 Å². The first kappa shape index (κ1) is 15.7. The summed E-state index contributed by atoms with van der Waals surface area (Å²) in [6, 6.07) is 12.0. The molecule has 1 amide bonds. The number of amides is 1. The molecule has 21 heavy (non-hydrogen) atoms. The molecule has 0 radical (unpaired) electrons. The van der Waals surface area contributed by atoms with Crippen LogP contribution in [0.4, 0.5) is 5.69 Å². The van der Waals surface area contributed by atoms with E-state index in [2.05, 4.69) is 23.6 Å². The summed E-state index contributed by atoms with van der Waals surface area (Å²) in [6.45, 7) is 7.74. The molecule has 3 nitrogen and oxygen atoms in total. The fourth-order valence-corrected chi connectivity index (χ4v) is 2.91. The van der Waals surface area contributed by atoms with Crippen LogP contribution in [-0.4, -0.2) is 12.5 Å². The lowest BCUT2D eigenvalue weighted by molar-refractivity contribution is -0.120. The predicted octanol–water partition coefficient (Wildman–Crippen LogP) is 3.77. The molecule has 0 aliphatic rings. The highest BCUT2D eigenvalue weighted by molar-refractivity contribution is 7.10. The minimum absolute atomic E-state index is 0.0190. The van der Waals surface area contributed by atoms with Gasteiger partial charge in [0.1, 0.15) is 0 Å². The second-order valence-electron chi connectivity index (χ2n) is 5.54. The number of hydrogen-bond donors (Lipinski definition) is 2. The minimum Gasteiger partial charge on any atom is -0.325 e. The Kier molecular flexibility index (Phi) is 5.15. The van der Waals surface area contributed by atoms with E-state index in [1.807, 2.05) is 49.6 Å². The van der Waals surface area contributed by atoms with Gasteiger partial charge in [0.2, 0.25) is 5.91 Å². The third-order valence-electron chi connectivity index (χ3n) is 3.47. The third-order valence-corrected chi connectivity index (χ3v) is 4.66. The number of carbonyl (C=O) groups is 1. The van der Waals surface area contributed by atoms with Crippen molar-refractivity contribution < 1.29 is 4.79 Å². The molecule has 0 unspecified atom stereocenters. The zero-order chi connectivity index (χ0) is 15.3. The topological polar surface area (TPSA) is 41.1 Å². The maximum absolute atomic E-state index is 12.5. The maximum Gasteiger partial charge on any atom is 0.235 e. The smallest absolute Gasteiger partial charge is 0.235 e. The van der Waals surface area contributed by atoms with E-state index in [0.29, 0.717) is 0 Å². The van der Waals surface area contributed by atoms with Crippen molar-refractivity contribution in [2.75, 3.05) is 11.9 Å². The molecule has 112 valence electrons. The molecular formula is C17H22N2OS. The van der Waals surface area contributed by atoms with E-state index in [-0.39, 0.29) is 5.91 Å². The van der Waals surface area contributed by atoms with Gasteiger partial charge < -0.3 is 10.6 Å². The van der Waals surface area contributed by atoms with Crippen molar-refractivity contribution in [1.29, 1.82) is 0 Å². The van der Waals surface area contributed by atoms with Crippen molar-refractivity contribution in [3.05, 3.63) is 52.2 Å². The van der Waals surface area contributed by atoms with Gasteiger partial charge in [0.05, 0.1) is 5.41 Å². The summed E-state index contributed by atoms with van der Waals surface area (Å²) in [4.78, 5) is 13.6. The van der Waals surface area contributed by atoms with Gasteiger partial charge in [0.25, 0.3) is 0 Å². The van der Waals surface area contributed by atoms with Crippen molar-refractivity contribution in [3.63, 3.8) is 0 Å². The SMILES string of the molecule is CCNCc1cccc(NC(=O)C(C)(C)c2cccs2)c1. The second kappa shape index (κ2) is 6.87. The second-order valence-corrected chi connectivity index (χ2v) is 6.48. The molecule has 0 saturated heterocycles. The zero-order valence-electron chi connectivity index (χ0n) is 12.8. The maximum atomic E-state index is 12.5. The molecule has 2 N–H and O–H groups in total. The quantitative estimate of drug-likeness (QED) is 0.852. The van der Waals surface area contributed by atoms with Crippen LogP contribution in [0.15, 0.2) is 41.8 Å². The Labute approximate surface area is 130 Å². The van der Waals surface area contributed by atoms with Gasteiger partial charge in [-0.25, -0.2) is 0 Å². The van der Waals surface area contributed by atoms with Crippen LogP contribution in [0.25, 0.3) is 0 Å². The number of benzene rings is 1.